The largest absolute Gasteiger partial charge is 0.467 e. The molecule has 0 aromatic heterocycles. The Kier molecular flexibility index (Phi) is 5.85. The maximum atomic E-state index is 9.22. The minimum atomic E-state index is -0.0229. The Balaban J connectivity index is 2.86. The predicted octanol–water partition coefficient (Wildman–Crippen LogP) is 1.09. The smallest absolute Gasteiger partial charge is 0.188 e. The van der Waals surface area contributed by atoms with Crippen LogP contribution in [0, 0.1) is 0 Å². The number of aliphatic hydroxyl groups is 2. The second-order valence-electron chi connectivity index (χ2n) is 3.43. The summed E-state index contributed by atoms with van der Waals surface area (Å²) in [6.07, 6.45) is 1.34. The number of rotatable bonds is 7. The normalized spacial score (nSPS) is 10.4. The second kappa shape index (κ2) is 7.22. The molecule has 0 amide bonds. The Labute approximate surface area is 95.4 Å². The van der Waals surface area contributed by atoms with Crippen LogP contribution in [0.3, 0.4) is 0 Å². The van der Waals surface area contributed by atoms with E-state index in [4.69, 9.17) is 14.6 Å². The maximum absolute atomic E-state index is 9.22. The van der Waals surface area contributed by atoms with Crippen molar-refractivity contribution in [1.82, 2.24) is 0 Å². The number of hydrogen-bond donors (Lipinski definition) is 2. The molecule has 90 valence electrons. The van der Waals surface area contributed by atoms with Gasteiger partial charge >= 0.3 is 0 Å². The van der Waals surface area contributed by atoms with Gasteiger partial charge in [0.2, 0.25) is 0 Å². The van der Waals surface area contributed by atoms with E-state index in [1.54, 1.807) is 7.11 Å². The molecule has 0 atom stereocenters. The molecule has 0 aliphatic carbocycles. The number of benzene rings is 1. The van der Waals surface area contributed by atoms with Crippen molar-refractivity contribution in [1.29, 1.82) is 0 Å². The molecule has 0 heterocycles. The first-order chi connectivity index (χ1) is 7.83. The second-order valence-corrected chi connectivity index (χ2v) is 3.43. The molecule has 1 aromatic carbocycles. The number of aliphatic hydroxyl groups excluding tert-OH is 2. The van der Waals surface area contributed by atoms with Gasteiger partial charge in [-0.2, -0.15) is 0 Å². The Bertz CT molecular complexity index is 312. The van der Waals surface area contributed by atoms with Crippen LogP contribution in [0.5, 0.6) is 5.75 Å². The molecule has 4 heteroatoms. The summed E-state index contributed by atoms with van der Waals surface area (Å²) in [5.74, 6) is 0.710. The van der Waals surface area contributed by atoms with Crippen LogP contribution >= 0.6 is 0 Å². The summed E-state index contributed by atoms with van der Waals surface area (Å²) in [5.41, 5.74) is 1.78. The SMILES string of the molecule is COCOc1cccc(CO)c1CCCO. The molecule has 0 aliphatic heterocycles. The zero-order valence-electron chi connectivity index (χ0n) is 9.48. The minimum absolute atomic E-state index is 0.0229. The Morgan fingerprint density at radius 2 is 2.06 bits per heavy atom. The van der Waals surface area contributed by atoms with Crippen molar-refractivity contribution >= 4 is 0 Å². The fraction of sp³-hybridized carbons (Fsp3) is 0.500. The van der Waals surface area contributed by atoms with Crippen molar-refractivity contribution in [2.75, 3.05) is 20.5 Å². The molecule has 0 unspecified atom stereocenters. The molecule has 0 saturated carbocycles. The monoisotopic (exact) mass is 226 g/mol. The summed E-state index contributed by atoms with van der Waals surface area (Å²) in [5, 5.41) is 18.0. The molecule has 0 saturated heterocycles. The molecular formula is C12H18O4. The van der Waals surface area contributed by atoms with Crippen molar-refractivity contribution < 1.29 is 19.7 Å². The van der Waals surface area contributed by atoms with E-state index >= 15 is 0 Å². The van der Waals surface area contributed by atoms with Gasteiger partial charge in [0.05, 0.1) is 6.61 Å². The molecule has 16 heavy (non-hydrogen) atoms. The molecule has 1 aromatic rings. The number of methoxy groups -OCH3 is 1. The topological polar surface area (TPSA) is 58.9 Å². The van der Waals surface area contributed by atoms with Gasteiger partial charge in [0, 0.05) is 13.7 Å². The molecule has 0 bridgehead atoms. The van der Waals surface area contributed by atoms with Crippen LogP contribution in [-0.4, -0.2) is 30.7 Å². The predicted molar refractivity (Wildman–Crippen MR) is 60.3 cm³/mol. The summed E-state index contributed by atoms with van der Waals surface area (Å²) in [7, 11) is 1.56. The van der Waals surface area contributed by atoms with E-state index in [2.05, 4.69) is 0 Å². The van der Waals surface area contributed by atoms with Crippen LogP contribution in [-0.2, 0) is 17.8 Å². The van der Waals surface area contributed by atoms with Gasteiger partial charge in [-0.25, -0.2) is 0 Å². The average Bonchev–Trinajstić information content (AvgIpc) is 2.33. The lowest BCUT2D eigenvalue weighted by Gasteiger charge is -2.13. The molecule has 0 fully saturated rings. The van der Waals surface area contributed by atoms with E-state index in [1.807, 2.05) is 18.2 Å². The standard InChI is InChI=1S/C12H18O4/c1-15-9-16-12-6-2-4-10(8-14)11(12)5-3-7-13/h2,4,6,13-14H,3,5,7-9H2,1H3. The fourth-order valence-corrected chi connectivity index (χ4v) is 1.56. The van der Waals surface area contributed by atoms with Crippen molar-refractivity contribution in [3.63, 3.8) is 0 Å². The van der Waals surface area contributed by atoms with E-state index in [0.717, 1.165) is 11.1 Å². The number of ether oxygens (including phenoxy) is 2. The van der Waals surface area contributed by atoms with Crippen molar-refractivity contribution in [2.24, 2.45) is 0 Å². The Morgan fingerprint density at radius 3 is 2.69 bits per heavy atom. The van der Waals surface area contributed by atoms with Gasteiger partial charge in [0.1, 0.15) is 5.75 Å². The van der Waals surface area contributed by atoms with Crippen LogP contribution in [0.1, 0.15) is 17.5 Å². The van der Waals surface area contributed by atoms with E-state index in [1.165, 1.54) is 0 Å². The van der Waals surface area contributed by atoms with Gasteiger partial charge in [-0.3, -0.25) is 0 Å². The van der Waals surface area contributed by atoms with E-state index in [-0.39, 0.29) is 20.0 Å². The zero-order chi connectivity index (χ0) is 11.8. The molecule has 2 N–H and O–H groups in total. The summed E-state index contributed by atoms with van der Waals surface area (Å²) in [6, 6.07) is 5.52. The molecule has 0 radical (unpaired) electrons. The van der Waals surface area contributed by atoms with Crippen LogP contribution < -0.4 is 4.74 Å². The van der Waals surface area contributed by atoms with E-state index in [9.17, 15) is 5.11 Å². The first-order valence-corrected chi connectivity index (χ1v) is 5.27. The van der Waals surface area contributed by atoms with Gasteiger partial charge < -0.3 is 19.7 Å². The zero-order valence-corrected chi connectivity index (χ0v) is 9.48. The summed E-state index contributed by atoms with van der Waals surface area (Å²) in [4.78, 5) is 0. The third-order valence-corrected chi connectivity index (χ3v) is 2.32. The van der Waals surface area contributed by atoms with Crippen LogP contribution in [0.2, 0.25) is 0 Å². The molecular weight excluding hydrogens is 208 g/mol. The van der Waals surface area contributed by atoms with Gasteiger partial charge in [-0.05, 0) is 30.0 Å². The van der Waals surface area contributed by atoms with Crippen molar-refractivity contribution in [3.05, 3.63) is 29.3 Å². The quantitative estimate of drug-likeness (QED) is 0.683. The van der Waals surface area contributed by atoms with E-state index < -0.39 is 0 Å². The minimum Gasteiger partial charge on any atom is -0.467 e. The van der Waals surface area contributed by atoms with Crippen molar-refractivity contribution in [3.8, 4) is 5.75 Å². The highest BCUT2D eigenvalue weighted by Gasteiger charge is 2.08. The van der Waals surface area contributed by atoms with Crippen LogP contribution in [0.15, 0.2) is 18.2 Å². The molecule has 4 nitrogen and oxygen atoms in total. The van der Waals surface area contributed by atoms with Gasteiger partial charge in [-0.1, -0.05) is 12.1 Å². The van der Waals surface area contributed by atoms with Crippen molar-refractivity contribution in [2.45, 2.75) is 19.4 Å². The third kappa shape index (κ3) is 3.48. The highest BCUT2D eigenvalue weighted by molar-refractivity contribution is 5.40. The summed E-state index contributed by atoms with van der Waals surface area (Å²) < 4.78 is 10.3. The first-order valence-electron chi connectivity index (χ1n) is 5.27. The van der Waals surface area contributed by atoms with Gasteiger partial charge in [-0.15, -0.1) is 0 Å². The highest BCUT2D eigenvalue weighted by atomic mass is 16.7. The first kappa shape index (κ1) is 13.0. The molecule has 1 rings (SSSR count). The highest BCUT2D eigenvalue weighted by Crippen LogP contribution is 2.24. The lowest BCUT2D eigenvalue weighted by molar-refractivity contribution is 0.0502. The Morgan fingerprint density at radius 1 is 1.25 bits per heavy atom. The maximum Gasteiger partial charge on any atom is 0.188 e. The van der Waals surface area contributed by atoms with Crippen LogP contribution in [0.4, 0.5) is 0 Å². The van der Waals surface area contributed by atoms with Gasteiger partial charge in [0.25, 0.3) is 0 Å². The lowest BCUT2D eigenvalue weighted by Crippen LogP contribution is -2.05. The molecule has 0 spiro atoms. The van der Waals surface area contributed by atoms with Crippen LogP contribution in [0.25, 0.3) is 0 Å². The molecule has 0 aliphatic rings. The summed E-state index contributed by atoms with van der Waals surface area (Å²) in [6.45, 7) is 0.287. The summed E-state index contributed by atoms with van der Waals surface area (Å²) >= 11 is 0. The van der Waals surface area contributed by atoms with Gasteiger partial charge in [0.15, 0.2) is 6.79 Å². The Hall–Kier alpha value is -1.10. The average molecular weight is 226 g/mol. The number of hydrogen-bond acceptors (Lipinski definition) is 4. The lowest BCUT2D eigenvalue weighted by atomic mass is 10.0. The fourth-order valence-electron chi connectivity index (χ4n) is 1.56. The third-order valence-electron chi connectivity index (χ3n) is 2.32. The van der Waals surface area contributed by atoms with E-state index in [0.29, 0.717) is 18.6 Å².